The van der Waals surface area contributed by atoms with E-state index < -0.39 is 5.91 Å². The van der Waals surface area contributed by atoms with Gasteiger partial charge >= 0.3 is 0 Å². The molecule has 0 radical (unpaired) electrons. The number of rotatable bonds is 3. The highest BCUT2D eigenvalue weighted by Gasteiger charge is 2.38. The summed E-state index contributed by atoms with van der Waals surface area (Å²) in [6.07, 6.45) is 3.26. The SMILES string of the molecule is Cc1oc2c(c1C(=O)NCc1ccncc1)C(=O)c1ccccc1C2=O. The quantitative estimate of drug-likeness (QED) is 0.616. The highest BCUT2D eigenvalue weighted by molar-refractivity contribution is 6.30. The number of pyridine rings is 1. The normalized spacial score (nSPS) is 12.5. The van der Waals surface area contributed by atoms with Crippen LogP contribution in [0.1, 0.15) is 53.7 Å². The highest BCUT2D eigenvalue weighted by Crippen LogP contribution is 2.33. The number of furan rings is 1. The molecule has 0 fully saturated rings. The largest absolute Gasteiger partial charge is 0.456 e. The molecule has 1 aromatic carbocycles. The maximum Gasteiger partial charge on any atom is 0.255 e. The number of aromatic nitrogens is 1. The van der Waals surface area contributed by atoms with Crippen molar-refractivity contribution in [3.8, 4) is 0 Å². The molecule has 0 saturated carbocycles. The van der Waals surface area contributed by atoms with Gasteiger partial charge in [0, 0.05) is 30.1 Å². The third-order valence-electron chi connectivity index (χ3n) is 4.36. The summed E-state index contributed by atoms with van der Waals surface area (Å²) < 4.78 is 5.51. The number of hydrogen-bond donors (Lipinski definition) is 1. The number of amides is 1. The summed E-state index contributed by atoms with van der Waals surface area (Å²) in [5.74, 6) is -1.03. The molecule has 0 atom stereocenters. The Morgan fingerprint density at radius 1 is 1.04 bits per heavy atom. The van der Waals surface area contributed by atoms with E-state index >= 15 is 0 Å². The van der Waals surface area contributed by atoms with Crippen molar-refractivity contribution in [3.63, 3.8) is 0 Å². The molecule has 0 unspecified atom stereocenters. The van der Waals surface area contributed by atoms with E-state index in [1.165, 1.54) is 0 Å². The van der Waals surface area contributed by atoms with E-state index in [0.717, 1.165) is 5.56 Å². The third kappa shape index (κ3) is 2.43. The van der Waals surface area contributed by atoms with Gasteiger partial charge in [0.1, 0.15) is 5.76 Å². The molecule has 6 heteroatoms. The van der Waals surface area contributed by atoms with E-state index in [1.807, 2.05) is 0 Å². The first-order chi connectivity index (χ1) is 12.6. The number of nitrogens with one attached hydrogen (secondary N) is 1. The van der Waals surface area contributed by atoms with Crippen molar-refractivity contribution in [1.29, 1.82) is 0 Å². The number of aryl methyl sites for hydroxylation is 1. The van der Waals surface area contributed by atoms with Crippen molar-refractivity contribution >= 4 is 17.5 Å². The second-order valence-electron chi connectivity index (χ2n) is 5.98. The van der Waals surface area contributed by atoms with Gasteiger partial charge in [-0.1, -0.05) is 24.3 Å². The molecule has 6 nitrogen and oxygen atoms in total. The fourth-order valence-electron chi connectivity index (χ4n) is 3.10. The zero-order chi connectivity index (χ0) is 18.3. The molecule has 128 valence electrons. The van der Waals surface area contributed by atoms with E-state index in [1.54, 1.807) is 55.7 Å². The van der Waals surface area contributed by atoms with Crippen LogP contribution >= 0.6 is 0 Å². The van der Waals surface area contributed by atoms with E-state index in [9.17, 15) is 14.4 Å². The molecule has 1 amide bonds. The molecule has 0 aliphatic heterocycles. The fourth-order valence-corrected chi connectivity index (χ4v) is 3.10. The van der Waals surface area contributed by atoms with Crippen LogP contribution in [0.3, 0.4) is 0 Å². The van der Waals surface area contributed by atoms with E-state index in [4.69, 9.17) is 4.42 Å². The number of ketones is 2. The minimum atomic E-state index is -0.454. The predicted molar refractivity (Wildman–Crippen MR) is 92.2 cm³/mol. The number of carbonyl (C=O) groups excluding carboxylic acids is 3. The third-order valence-corrected chi connectivity index (χ3v) is 4.36. The molecule has 1 aliphatic rings. The zero-order valence-electron chi connectivity index (χ0n) is 13.9. The second kappa shape index (κ2) is 6.07. The lowest BCUT2D eigenvalue weighted by Crippen LogP contribution is -2.27. The minimum absolute atomic E-state index is 0.0402. The molecular formula is C20H14N2O4. The Morgan fingerprint density at radius 2 is 1.69 bits per heavy atom. The number of benzene rings is 1. The average molecular weight is 346 g/mol. The Hall–Kier alpha value is -3.54. The molecular weight excluding hydrogens is 332 g/mol. The van der Waals surface area contributed by atoms with Crippen molar-refractivity contribution in [2.24, 2.45) is 0 Å². The Kier molecular flexibility index (Phi) is 3.73. The molecule has 2 heterocycles. The maximum absolute atomic E-state index is 12.9. The van der Waals surface area contributed by atoms with Gasteiger partial charge in [0.15, 0.2) is 11.5 Å². The van der Waals surface area contributed by atoms with Crippen LogP contribution in [0.4, 0.5) is 0 Å². The smallest absolute Gasteiger partial charge is 0.255 e. The Morgan fingerprint density at radius 3 is 2.38 bits per heavy atom. The van der Waals surface area contributed by atoms with Gasteiger partial charge in [0.25, 0.3) is 5.91 Å². The van der Waals surface area contributed by atoms with Crippen LogP contribution in [0.2, 0.25) is 0 Å². The van der Waals surface area contributed by atoms with Gasteiger partial charge in [-0.3, -0.25) is 19.4 Å². The number of hydrogen-bond acceptors (Lipinski definition) is 5. The van der Waals surface area contributed by atoms with Gasteiger partial charge in [-0.15, -0.1) is 0 Å². The van der Waals surface area contributed by atoms with Crippen LogP contribution in [0.25, 0.3) is 0 Å². The molecule has 3 aromatic rings. The van der Waals surface area contributed by atoms with Gasteiger partial charge in [-0.25, -0.2) is 0 Å². The van der Waals surface area contributed by atoms with Gasteiger partial charge in [-0.2, -0.15) is 0 Å². The van der Waals surface area contributed by atoms with Crippen molar-refractivity contribution in [1.82, 2.24) is 10.3 Å². The number of nitrogens with zero attached hydrogens (tertiary/aromatic N) is 1. The lowest BCUT2D eigenvalue weighted by Gasteiger charge is -2.13. The lowest BCUT2D eigenvalue weighted by molar-refractivity contribution is 0.0936. The monoisotopic (exact) mass is 346 g/mol. The van der Waals surface area contributed by atoms with Gasteiger partial charge in [0.05, 0.1) is 11.1 Å². The van der Waals surface area contributed by atoms with Crippen molar-refractivity contribution in [2.75, 3.05) is 0 Å². The summed E-state index contributed by atoms with van der Waals surface area (Å²) >= 11 is 0. The van der Waals surface area contributed by atoms with E-state index in [2.05, 4.69) is 10.3 Å². The fraction of sp³-hybridized carbons (Fsp3) is 0.100. The Balaban J connectivity index is 1.71. The summed E-state index contributed by atoms with van der Waals surface area (Å²) in [6, 6.07) is 10.1. The highest BCUT2D eigenvalue weighted by atomic mass is 16.4. The predicted octanol–water partition coefficient (Wildman–Crippen LogP) is 2.69. The Bertz CT molecular complexity index is 1050. The topological polar surface area (TPSA) is 89.3 Å². The first-order valence-electron chi connectivity index (χ1n) is 8.07. The van der Waals surface area contributed by atoms with Crippen molar-refractivity contribution < 1.29 is 18.8 Å². The molecule has 0 bridgehead atoms. The standard InChI is InChI=1S/C20H14N2O4/c1-11-15(20(25)22-10-12-6-8-21-9-7-12)16-17(23)13-4-2-3-5-14(13)18(24)19(16)26-11/h2-9H,10H2,1H3,(H,22,25). The molecule has 0 spiro atoms. The van der Waals surface area contributed by atoms with Gasteiger partial charge < -0.3 is 9.73 Å². The summed E-state index contributed by atoms with van der Waals surface area (Å²) in [5, 5.41) is 2.76. The minimum Gasteiger partial charge on any atom is -0.456 e. The van der Waals surface area contributed by atoms with Gasteiger partial charge in [0.2, 0.25) is 5.78 Å². The van der Waals surface area contributed by atoms with Gasteiger partial charge in [-0.05, 0) is 24.6 Å². The summed E-state index contributed by atoms with van der Waals surface area (Å²) in [5.41, 5.74) is 1.60. The van der Waals surface area contributed by atoms with Crippen LogP contribution in [0, 0.1) is 6.92 Å². The van der Waals surface area contributed by atoms with Crippen LogP contribution in [-0.4, -0.2) is 22.5 Å². The first kappa shape index (κ1) is 16.0. The van der Waals surface area contributed by atoms with Crippen LogP contribution in [0.15, 0.2) is 53.2 Å². The molecule has 2 aromatic heterocycles. The summed E-state index contributed by atoms with van der Waals surface area (Å²) in [4.78, 5) is 42.1. The molecule has 26 heavy (non-hydrogen) atoms. The average Bonchev–Trinajstić information content (AvgIpc) is 3.03. The van der Waals surface area contributed by atoms with E-state index in [0.29, 0.717) is 5.56 Å². The van der Waals surface area contributed by atoms with E-state index in [-0.39, 0.29) is 46.3 Å². The van der Waals surface area contributed by atoms with Crippen LogP contribution in [0.5, 0.6) is 0 Å². The first-order valence-corrected chi connectivity index (χ1v) is 8.07. The summed E-state index contributed by atoms with van der Waals surface area (Å²) in [7, 11) is 0. The second-order valence-corrected chi connectivity index (χ2v) is 5.98. The molecule has 1 N–H and O–H groups in total. The zero-order valence-corrected chi connectivity index (χ0v) is 13.9. The molecule has 1 aliphatic carbocycles. The van der Waals surface area contributed by atoms with Crippen molar-refractivity contribution in [2.45, 2.75) is 13.5 Å². The number of fused-ring (bicyclic) bond motifs is 2. The summed E-state index contributed by atoms with van der Waals surface area (Å²) in [6.45, 7) is 1.85. The molecule has 4 rings (SSSR count). The lowest BCUT2D eigenvalue weighted by atomic mass is 9.86. The van der Waals surface area contributed by atoms with Crippen LogP contribution < -0.4 is 5.32 Å². The number of carbonyl (C=O) groups is 3. The Labute approximate surface area is 148 Å². The van der Waals surface area contributed by atoms with Crippen molar-refractivity contribution in [3.05, 3.63) is 88.1 Å². The molecule has 0 saturated heterocycles. The maximum atomic E-state index is 12.9. The van der Waals surface area contributed by atoms with Crippen LogP contribution in [-0.2, 0) is 6.54 Å².